The molecule has 1 unspecified atom stereocenters. The fraction of sp³-hybridized carbons (Fsp3) is 0.120. The lowest BCUT2D eigenvalue weighted by atomic mass is 9.95. The van der Waals surface area contributed by atoms with E-state index in [2.05, 4.69) is 0 Å². The van der Waals surface area contributed by atoms with Gasteiger partial charge in [-0.05, 0) is 60.2 Å². The summed E-state index contributed by atoms with van der Waals surface area (Å²) >= 11 is 12.1. The van der Waals surface area contributed by atoms with Crippen molar-refractivity contribution in [1.29, 1.82) is 0 Å². The largest absolute Gasteiger partial charge is 0.507 e. The molecule has 0 aliphatic carbocycles. The Bertz CT molecular complexity index is 1320. The molecule has 7 nitrogen and oxygen atoms in total. The number of hydrogen-bond acceptors (Lipinski definition) is 6. The Labute approximate surface area is 205 Å². The van der Waals surface area contributed by atoms with Crippen LogP contribution in [0.4, 0.5) is 5.69 Å². The Balaban J connectivity index is 1.95. The van der Waals surface area contributed by atoms with E-state index >= 15 is 0 Å². The molecule has 0 saturated carbocycles. The first-order valence-corrected chi connectivity index (χ1v) is 10.8. The molecule has 1 heterocycles. The van der Waals surface area contributed by atoms with Crippen LogP contribution in [0, 0.1) is 0 Å². The van der Waals surface area contributed by atoms with Gasteiger partial charge in [-0.3, -0.25) is 14.5 Å². The van der Waals surface area contributed by atoms with Gasteiger partial charge >= 0.3 is 0 Å². The molecule has 1 amide bonds. The van der Waals surface area contributed by atoms with Gasteiger partial charge in [0.05, 0.1) is 30.9 Å². The van der Waals surface area contributed by atoms with E-state index in [1.165, 1.54) is 43.4 Å². The summed E-state index contributed by atoms with van der Waals surface area (Å²) in [6.07, 6.45) is 0. The molecule has 2 N–H and O–H groups in total. The molecule has 4 rings (SSSR count). The lowest BCUT2D eigenvalue weighted by Gasteiger charge is -2.25. The lowest BCUT2D eigenvalue weighted by Crippen LogP contribution is -2.29. The van der Waals surface area contributed by atoms with Crippen molar-refractivity contribution in [2.75, 3.05) is 19.1 Å². The maximum Gasteiger partial charge on any atom is 0.300 e. The zero-order valence-corrected chi connectivity index (χ0v) is 19.6. The number of aliphatic hydroxyl groups excluding tert-OH is 1. The Morgan fingerprint density at radius 3 is 2.21 bits per heavy atom. The smallest absolute Gasteiger partial charge is 0.300 e. The van der Waals surface area contributed by atoms with E-state index in [9.17, 15) is 19.8 Å². The Morgan fingerprint density at radius 1 is 0.912 bits per heavy atom. The van der Waals surface area contributed by atoms with E-state index in [1.807, 2.05) is 0 Å². The normalized spacial score (nSPS) is 17.2. The van der Waals surface area contributed by atoms with Crippen molar-refractivity contribution in [3.05, 3.63) is 87.4 Å². The van der Waals surface area contributed by atoms with Gasteiger partial charge in [-0.2, -0.15) is 0 Å². The highest BCUT2D eigenvalue weighted by Gasteiger charge is 2.47. The molecule has 1 saturated heterocycles. The SMILES string of the molecule is COc1ccc(/C(O)=C2/C(=O)C(=O)N(c3ccc(Cl)cc3)C2c2ccc(O)c(Cl)c2)cc1OC. The number of carbonyl (C=O) groups excluding carboxylic acids is 2. The van der Waals surface area contributed by atoms with Gasteiger partial charge in [0.2, 0.25) is 0 Å². The summed E-state index contributed by atoms with van der Waals surface area (Å²) in [5.41, 5.74) is 0.918. The number of aromatic hydroxyl groups is 1. The van der Waals surface area contributed by atoms with Crippen LogP contribution in [0.25, 0.3) is 5.76 Å². The third-order valence-electron chi connectivity index (χ3n) is 5.49. The molecule has 1 aliphatic rings. The fourth-order valence-electron chi connectivity index (χ4n) is 3.85. The quantitative estimate of drug-likeness (QED) is 0.279. The van der Waals surface area contributed by atoms with Gasteiger partial charge in [-0.15, -0.1) is 0 Å². The van der Waals surface area contributed by atoms with Crippen molar-refractivity contribution >= 4 is 46.3 Å². The molecule has 0 bridgehead atoms. The third-order valence-corrected chi connectivity index (χ3v) is 6.05. The number of phenols is 1. The number of anilines is 1. The highest BCUT2D eigenvalue weighted by molar-refractivity contribution is 6.51. The van der Waals surface area contributed by atoms with Crippen molar-refractivity contribution in [1.82, 2.24) is 0 Å². The van der Waals surface area contributed by atoms with Crippen molar-refractivity contribution < 1.29 is 29.3 Å². The molecule has 0 aromatic heterocycles. The molecule has 34 heavy (non-hydrogen) atoms. The van der Waals surface area contributed by atoms with E-state index in [0.29, 0.717) is 27.8 Å². The predicted octanol–water partition coefficient (Wildman–Crippen LogP) is 5.34. The van der Waals surface area contributed by atoms with Crippen LogP contribution in [0.2, 0.25) is 10.0 Å². The van der Waals surface area contributed by atoms with Crippen LogP contribution in [0.3, 0.4) is 0 Å². The van der Waals surface area contributed by atoms with E-state index in [0.717, 1.165) is 0 Å². The number of aliphatic hydroxyl groups is 1. The minimum absolute atomic E-state index is 0.0327. The monoisotopic (exact) mass is 499 g/mol. The van der Waals surface area contributed by atoms with Crippen LogP contribution < -0.4 is 14.4 Å². The molecule has 1 atom stereocenters. The number of ether oxygens (including phenoxy) is 2. The van der Waals surface area contributed by atoms with Gasteiger partial charge in [0.25, 0.3) is 11.7 Å². The number of Topliss-reactive ketones (excluding diaryl/α,β-unsaturated/α-hetero) is 1. The lowest BCUT2D eigenvalue weighted by molar-refractivity contribution is -0.132. The van der Waals surface area contributed by atoms with Crippen LogP contribution >= 0.6 is 23.2 Å². The van der Waals surface area contributed by atoms with Gasteiger partial charge in [-0.1, -0.05) is 29.3 Å². The molecule has 0 radical (unpaired) electrons. The second-order valence-corrected chi connectivity index (χ2v) is 8.27. The van der Waals surface area contributed by atoms with Gasteiger partial charge in [0, 0.05) is 16.3 Å². The number of hydrogen-bond donors (Lipinski definition) is 2. The first kappa shape index (κ1) is 23.5. The topological polar surface area (TPSA) is 96.3 Å². The second kappa shape index (κ2) is 9.29. The number of ketones is 1. The van der Waals surface area contributed by atoms with Gasteiger partial charge in [0.15, 0.2) is 11.5 Å². The average Bonchev–Trinajstić information content (AvgIpc) is 3.10. The first-order valence-electron chi connectivity index (χ1n) is 10.0. The Morgan fingerprint density at radius 2 is 1.59 bits per heavy atom. The van der Waals surface area contributed by atoms with Crippen LogP contribution in [0.5, 0.6) is 17.2 Å². The average molecular weight is 500 g/mol. The molecule has 9 heteroatoms. The standard InChI is InChI=1S/C25H19Cl2NO6/c1-33-19-10-4-14(12-20(19)34-2)23(30)21-22(13-3-9-18(29)17(27)11-13)28(25(32)24(21)31)16-7-5-15(26)6-8-16/h3-12,22,29-30H,1-2H3/b23-21-. The number of benzene rings is 3. The molecular weight excluding hydrogens is 481 g/mol. The van der Waals surface area contributed by atoms with Crippen molar-refractivity contribution in [2.45, 2.75) is 6.04 Å². The molecule has 1 fully saturated rings. The van der Waals surface area contributed by atoms with Gasteiger partial charge in [-0.25, -0.2) is 0 Å². The van der Waals surface area contributed by atoms with Crippen molar-refractivity contribution in [3.63, 3.8) is 0 Å². The fourth-order valence-corrected chi connectivity index (χ4v) is 4.16. The van der Waals surface area contributed by atoms with E-state index in [4.69, 9.17) is 32.7 Å². The van der Waals surface area contributed by atoms with Gasteiger partial charge in [0.1, 0.15) is 11.5 Å². The number of carbonyl (C=O) groups is 2. The van der Waals surface area contributed by atoms with Gasteiger partial charge < -0.3 is 19.7 Å². The minimum Gasteiger partial charge on any atom is -0.507 e. The first-order chi connectivity index (χ1) is 16.3. The molecular formula is C25H19Cl2NO6. The number of methoxy groups -OCH3 is 2. The van der Waals surface area contributed by atoms with Crippen molar-refractivity contribution in [3.8, 4) is 17.2 Å². The van der Waals surface area contributed by atoms with E-state index in [-0.39, 0.29) is 21.9 Å². The third kappa shape index (κ3) is 4.04. The second-order valence-electron chi connectivity index (χ2n) is 7.43. The Kier molecular flexibility index (Phi) is 6.41. The highest BCUT2D eigenvalue weighted by Crippen LogP contribution is 2.44. The zero-order valence-electron chi connectivity index (χ0n) is 18.1. The maximum atomic E-state index is 13.2. The number of amides is 1. The summed E-state index contributed by atoms with van der Waals surface area (Å²) in [7, 11) is 2.92. The predicted molar refractivity (Wildman–Crippen MR) is 129 cm³/mol. The number of phenolic OH excluding ortho intramolecular Hbond substituents is 1. The highest BCUT2D eigenvalue weighted by atomic mass is 35.5. The molecule has 174 valence electrons. The van der Waals surface area contributed by atoms with Crippen LogP contribution in [0.1, 0.15) is 17.2 Å². The van der Waals surface area contributed by atoms with Crippen LogP contribution in [0.15, 0.2) is 66.2 Å². The van der Waals surface area contributed by atoms with Crippen molar-refractivity contribution in [2.24, 2.45) is 0 Å². The summed E-state index contributed by atoms with van der Waals surface area (Å²) < 4.78 is 10.5. The van der Waals surface area contributed by atoms with E-state index in [1.54, 1.807) is 36.4 Å². The summed E-state index contributed by atoms with van der Waals surface area (Å²) in [5.74, 6) is -1.50. The van der Waals surface area contributed by atoms with Crippen LogP contribution in [-0.2, 0) is 9.59 Å². The van der Waals surface area contributed by atoms with E-state index < -0.39 is 23.5 Å². The molecule has 0 spiro atoms. The summed E-state index contributed by atoms with van der Waals surface area (Å²) in [6.45, 7) is 0. The Hall–Kier alpha value is -3.68. The summed E-state index contributed by atoms with van der Waals surface area (Å²) in [4.78, 5) is 27.6. The zero-order chi connectivity index (χ0) is 24.6. The summed E-state index contributed by atoms with van der Waals surface area (Å²) in [5, 5.41) is 21.6. The number of rotatable bonds is 5. The molecule has 3 aromatic carbocycles. The number of nitrogens with zero attached hydrogens (tertiary/aromatic N) is 1. The van der Waals surface area contributed by atoms with Crippen LogP contribution in [-0.4, -0.2) is 36.1 Å². The summed E-state index contributed by atoms with van der Waals surface area (Å²) in [6, 6.07) is 14.3. The molecule has 3 aromatic rings. The molecule has 1 aliphatic heterocycles. The number of halogens is 2. The maximum absolute atomic E-state index is 13.2. The minimum atomic E-state index is -1.02.